The van der Waals surface area contributed by atoms with Gasteiger partial charge in [-0.1, -0.05) is 0 Å². The molecule has 3 N–H and O–H groups in total. The molecule has 0 aliphatic carbocycles. The van der Waals surface area contributed by atoms with Crippen molar-refractivity contribution in [2.24, 2.45) is 0 Å². The summed E-state index contributed by atoms with van der Waals surface area (Å²) in [4.78, 5) is 14.6. The van der Waals surface area contributed by atoms with Gasteiger partial charge in [-0.15, -0.1) is 0 Å². The number of aliphatic carboxylic acids is 1. The summed E-state index contributed by atoms with van der Waals surface area (Å²) in [7, 11) is 0. The van der Waals surface area contributed by atoms with Crippen LogP contribution in [0.4, 0.5) is 0 Å². The number of carboxylic acids is 1. The quantitative estimate of drug-likeness (QED) is 0.681. The molecule has 0 saturated heterocycles. The first-order valence-electron chi connectivity index (χ1n) is 5.02. The molecule has 0 aliphatic rings. The first-order chi connectivity index (χ1) is 7.43. The molecule has 1 unspecified atom stereocenters. The van der Waals surface area contributed by atoms with Crippen molar-refractivity contribution in [2.45, 2.75) is 25.5 Å². The van der Waals surface area contributed by atoms with E-state index in [1.54, 1.807) is 12.4 Å². The molecule has 0 saturated carbocycles. The van der Waals surface area contributed by atoms with Gasteiger partial charge >= 0.3 is 5.97 Å². The summed E-state index contributed by atoms with van der Waals surface area (Å²) in [6.07, 6.45) is 3.34. The molecule has 1 aromatic heterocycles. The van der Waals surface area contributed by atoms with Crippen molar-refractivity contribution in [2.75, 3.05) is 6.54 Å². The maximum absolute atomic E-state index is 10.7. The lowest BCUT2D eigenvalue weighted by Gasteiger charge is -2.22. The topological polar surface area (TPSA) is 82.5 Å². The number of carbonyl (C=O) groups is 1. The Hall–Kier alpha value is -1.46. The molecular formula is C11H16N2O3. The van der Waals surface area contributed by atoms with Crippen LogP contribution in [-0.4, -0.2) is 33.3 Å². The number of hydrogen-bond acceptors (Lipinski definition) is 4. The Labute approximate surface area is 94.1 Å². The number of nitrogens with zero attached hydrogens (tertiary/aromatic N) is 1. The number of rotatable bonds is 5. The number of hydrogen-bond donors (Lipinski definition) is 3. The highest BCUT2D eigenvalue weighted by molar-refractivity contribution is 5.76. The number of carboxylic acid groups (broad SMARTS) is 1. The average molecular weight is 224 g/mol. The van der Waals surface area contributed by atoms with Gasteiger partial charge in [-0.2, -0.15) is 0 Å². The van der Waals surface area contributed by atoms with E-state index in [1.807, 2.05) is 19.1 Å². The first-order valence-corrected chi connectivity index (χ1v) is 5.02. The highest BCUT2D eigenvalue weighted by atomic mass is 16.4. The molecule has 1 aromatic rings. The molecule has 88 valence electrons. The van der Waals surface area contributed by atoms with Gasteiger partial charge in [0.2, 0.25) is 0 Å². The van der Waals surface area contributed by atoms with Gasteiger partial charge in [-0.05, 0) is 31.5 Å². The lowest BCUT2D eigenvalue weighted by atomic mass is 10.1. The van der Waals surface area contributed by atoms with E-state index in [9.17, 15) is 9.90 Å². The molecule has 0 aromatic carbocycles. The Morgan fingerprint density at radius 3 is 2.62 bits per heavy atom. The Morgan fingerprint density at radius 2 is 2.12 bits per heavy atom. The zero-order valence-corrected chi connectivity index (χ0v) is 9.34. The molecule has 0 amide bonds. The van der Waals surface area contributed by atoms with Gasteiger partial charge in [-0.3, -0.25) is 4.98 Å². The van der Waals surface area contributed by atoms with Gasteiger partial charge in [-0.25, -0.2) is 4.79 Å². The SMILES string of the molecule is C[C@@H](NCC(C)(O)C(=O)O)c1ccncc1. The van der Waals surface area contributed by atoms with Crippen LogP contribution in [0.15, 0.2) is 24.5 Å². The van der Waals surface area contributed by atoms with E-state index in [-0.39, 0.29) is 12.6 Å². The van der Waals surface area contributed by atoms with E-state index in [0.29, 0.717) is 0 Å². The van der Waals surface area contributed by atoms with Gasteiger partial charge < -0.3 is 15.5 Å². The molecule has 5 heteroatoms. The maximum atomic E-state index is 10.7. The fourth-order valence-electron chi connectivity index (χ4n) is 1.20. The Balaban J connectivity index is 2.54. The summed E-state index contributed by atoms with van der Waals surface area (Å²) < 4.78 is 0. The van der Waals surface area contributed by atoms with Crippen molar-refractivity contribution in [1.82, 2.24) is 10.3 Å². The molecule has 0 bridgehead atoms. The molecule has 5 nitrogen and oxygen atoms in total. The van der Waals surface area contributed by atoms with Crippen LogP contribution in [0.1, 0.15) is 25.5 Å². The van der Waals surface area contributed by atoms with E-state index >= 15 is 0 Å². The van der Waals surface area contributed by atoms with Crippen molar-refractivity contribution < 1.29 is 15.0 Å². The largest absolute Gasteiger partial charge is 0.479 e. The third-order valence-electron chi connectivity index (χ3n) is 2.42. The van der Waals surface area contributed by atoms with E-state index in [2.05, 4.69) is 10.3 Å². The predicted octanol–water partition coefficient (Wildman–Crippen LogP) is 0.568. The average Bonchev–Trinajstić information content (AvgIpc) is 2.27. The minimum Gasteiger partial charge on any atom is -0.479 e. The van der Waals surface area contributed by atoms with Crippen LogP contribution in [-0.2, 0) is 4.79 Å². The molecule has 0 fully saturated rings. The molecule has 0 aliphatic heterocycles. The van der Waals surface area contributed by atoms with E-state index < -0.39 is 11.6 Å². The zero-order chi connectivity index (χ0) is 12.2. The number of aliphatic hydroxyl groups is 1. The first kappa shape index (κ1) is 12.6. The molecule has 0 spiro atoms. The third-order valence-corrected chi connectivity index (χ3v) is 2.42. The van der Waals surface area contributed by atoms with Crippen molar-refractivity contribution in [3.05, 3.63) is 30.1 Å². The molecule has 1 heterocycles. The molecule has 0 radical (unpaired) electrons. The zero-order valence-electron chi connectivity index (χ0n) is 9.34. The Kier molecular flexibility index (Phi) is 3.98. The van der Waals surface area contributed by atoms with Gasteiger partial charge in [0.05, 0.1) is 0 Å². The molecule has 1 rings (SSSR count). The summed E-state index contributed by atoms with van der Waals surface area (Å²) in [6.45, 7) is 3.15. The fourth-order valence-corrected chi connectivity index (χ4v) is 1.20. The summed E-state index contributed by atoms with van der Waals surface area (Å²) in [6, 6.07) is 3.65. The van der Waals surface area contributed by atoms with Crippen molar-refractivity contribution in [1.29, 1.82) is 0 Å². The normalized spacial score (nSPS) is 16.4. The van der Waals surface area contributed by atoms with Gasteiger partial charge in [0.1, 0.15) is 0 Å². The van der Waals surface area contributed by atoms with Gasteiger partial charge in [0.15, 0.2) is 5.60 Å². The van der Waals surface area contributed by atoms with Gasteiger partial charge in [0, 0.05) is 25.0 Å². The summed E-state index contributed by atoms with van der Waals surface area (Å²) in [5, 5.41) is 21.2. The number of pyridine rings is 1. The van der Waals surface area contributed by atoms with Crippen LogP contribution in [0.3, 0.4) is 0 Å². The standard InChI is InChI=1S/C11H16N2O3/c1-8(9-3-5-12-6-4-9)13-7-11(2,16)10(14)15/h3-6,8,13,16H,7H2,1-2H3,(H,14,15)/t8-,11?/m1/s1. The van der Waals surface area contributed by atoms with Crippen LogP contribution < -0.4 is 5.32 Å². The van der Waals surface area contributed by atoms with Crippen LogP contribution >= 0.6 is 0 Å². The minimum atomic E-state index is -1.75. The van der Waals surface area contributed by atoms with Crippen LogP contribution in [0.5, 0.6) is 0 Å². The van der Waals surface area contributed by atoms with E-state index in [1.165, 1.54) is 6.92 Å². The van der Waals surface area contributed by atoms with Crippen LogP contribution in [0, 0.1) is 0 Å². The minimum absolute atomic E-state index is 0.00811. The summed E-state index contributed by atoms with van der Waals surface area (Å²) in [5.41, 5.74) is -0.752. The lowest BCUT2D eigenvalue weighted by molar-refractivity contribution is -0.156. The second kappa shape index (κ2) is 5.05. The van der Waals surface area contributed by atoms with Crippen molar-refractivity contribution >= 4 is 5.97 Å². The van der Waals surface area contributed by atoms with E-state index in [4.69, 9.17) is 5.11 Å². The van der Waals surface area contributed by atoms with Crippen molar-refractivity contribution in [3.8, 4) is 0 Å². The smallest absolute Gasteiger partial charge is 0.336 e. The van der Waals surface area contributed by atoms with Crippen molar-refractivity contribution in [3.63, 3.8) is 0 Å². The third kappa shape index (κ3) is 3.29. The predicted molar refractivity (Wildman–Crippen MR) is 58.9 cm³/mol. The number of nitrogens with one attached hydrogen (secondary N) is 1. The summed E-state index contributed by atoms with van der Waals surface area (Å²) in [5.74, 6) is -1.23. The lowest BCUT2D eigenvalue weighted by Crippen LogP contribution is -2.45. The van der Waals surface area contributed by atoms with Crippen LogP contribution in [0.2, 0.25) is 0 Å². The highest BCUT2D eigenvalue weighted by Crippen LogP contribution is 2.11. The second-order valence-corrected chi connectivity index (χ2v) is 3.96. The van der Waals surface area contributed by atoms with Gasteiger partial charge in [0.25, 0.3) is 0 Å². The molecule has 2 atom stereocenters. The number of aromatic nitrogens is 1. The fraction of sp³-hybridized carbons (Fsp3) is 0.455. The molecular weight excluding hydrogens is 208 g/mol. The highest BCUT2D eigenvalue weighted by Gasteiger charge is 2.29. The Morgan fingerprint density at radius 1 is 1.56 bits per heavy atom. The van der Waals surface area contributed by atoms with Crippen LogP contribution in [0.25, 0.3) is 0 Å². The summed E-state index contributed by atoms with van der Waals surface area (Å²) >= 11 is 0. The second-order valence-electron chi connectivity index (χ2n) is 3.96. The Bertz CT molecular complexity index is 352. The van der Waals surface area contributed by atoms with E-state index in [0.717, 1.165) is 5.56 Å². The maximum Gasteiger partial charge on any atom is 0.336 e. The monoisotopic (exact) mass is 224 g/mol. The molecule has 16 heavy (non-hydrogen) atoms.